The highest BCUT2D eigenvalue weighted by molar-refractivity contribution is 7.89. The van der Waals surface area contributed by atoms with E-state index in [1.54, 1.807) is 0 Å². The molecule has 0 spiro atoms. The molecule has 0 bridgehead atoms. The van der Waals surface area contributed by atoms with Crippen LogP contribution in [0.4, 0.5) is 0 Å². The number of nitrogens with zero attached hydrogens (tertiary/aromatic N) is 4. The van der Waals surface area contributed by atoms with E-state index in [1.165, 1.54) is 18.7 Å². The fourth-order valence-corrected chi connectivity index (χ4v) is 1.42. The minimum absolute atomic E-state index is 0.466. The van der Waals surface area contributed by atoms with Gasteiger partial charge in [-0.15, -0.1) is 5.10 Å². The molecule has 0 fully saturated rings. The third kappa shape index (κ3) is 1.37. The van der Waals surface area contributed by atoms with Crippen LogP contribution in [-0.2, 0) is 10.0 Å². The molecule has 2 aliphatic rings. The first-order chi connectivity index (χ1) is 6.07. The average Bonchev–Trinajstić information content (AvgIpc) is 2.47. The van der Waals surface area contributed by atoms with Crippen LogP contribution in [0, 0.1) is 0 Å². The smallest absolute Gasteiger partial charge is 0.234 e. The molecule has 0 unspecified atom stereocenters. The van der Waals surface area contributed by atoms with Gasteiger partial charge in [-0.3, -0.25) is 0 Å². The van der Waals surface area contributed by atoms with Crippen LogP contribution in [0.3, 0.4) is 0 Å². The molecule has 0 aliphatic carbocycles. The molecule has 0 saturated carbocycles. The summed E-state index contributed by atoms with van der Waals surface area (Å²) in [5.74, 6) is 0. The Morgan fingerprint density at radius 3 is 2.85 bits per heavy atom. The Labute approximate surface area is 74.6 Å². The summed E-state index contributed by atoms with van der Waals surface area (Å²) >= 11 is 0. The maximum Gasteiger partial charge on any atom is 0.236 e. The van der Waals surface area contributed by atoms with Gasteiger partial charge in [0.1, 0.15) is 17.7 Å². The predicted octanol–water partition coefficient (Wildman–Crippen LogP) is -0.414. The molecule has 2 heterocycles. The Morgan fingerprint density at radius 2 is 2.15 bits per heavy atom. The van der Waals surface area contributed by atoms with E-state index in [4.69, 9.17) is 0 Å². The van der Waals surface area contributed by atoms with Crippen LogP contribution in [0.15, 0.2) is 18.7 Å². The Balaban J connectivity index is 2.70. The molecule has 0 aromatic rings. The zero-order chi connectivity index (χ0) is 9.47. The third-order valence-electron chi connectivity index (χ3n) is 1.55. The molecule has 0 atom stereocenters. The van der Waals surface area contributed by atoms with Crippen molar-refractivity contribution < 1.29 is 8.42 Å². The van der Waals surface area contributed by atoms with Gasteiger partial charge < -0.3 is 0 Å². The molecule has 0 saturated heterocycles. The minimum Gasteiger partial charge on any atom is -0.234 e. The summed E-state index contributed by atoms with van der Waals surface area (Å²) in [6, 6.07) is 0. The lowest BCUT2D eigenvalue weighted by molar-refractivity contribution is 0.592. The Bertz CT molecular complexity index is 503. The monoisotopic (exact) mass is 198 g/mol. The fourth-order valence-electron chi connectivity index (χ4n) is 0.909. The summed E-state index contributed by atoms with van der Waals surface area (Å²) in [6.45, 7) is 0. The summed E-state index contributed by atoms with van der Waals surface area (Å²) < 4.78 is 23.2. The second-order valence-electron chi connectivity index (χ2n) is 2.58. The lowest BCUT2D eigenvalue weighted by atomic mass is 10.4. The van der Waals surface area contributed by atoms with E-state index in [0.717, 1.165) is 10.2 Å². The second-order valence-corrected chi connectivity index (χ2v) is 4.47. The molecule has 2 aliphatic heterocycles. The van der Waals surface area contributed by atoms with E-state index < -0.39 is 10.0 Å². The van der Waals surface area contributed by atoms with E-state index in [1.807, 2.05) is 0 Å². The van der Waals surface area contributed by atoms with Gasteiger partial charge in [0, 0.05) is 0 Å². The van der Waals surface area contributed by atoms with Crippen molar-refractivity contribution in [3.63, 3.8) is 0 Å². The van der Waals surface area contributed by atoms with Crippen LogP contribution in [0.1, 0.15) is 0 Å². The molecule has 6 nitrogen and oxygen atoms in total. The number of rotatable bonds is 1. The van der Waals surface area contributed by atoms with Gasteiger partial charge in [-0.25, -0.2) is 17.4 Å². The van der Waals surface area contributed by atoms with Gasteiger partial charge in [0.05, 0.1) is 18.6 Å². The normalized spacial score (nSPS) is 12.1. The third-order valence-corrected chi connectivity index (χ3v) is 2.52. The van der Waals surface area contributed by atoms with Crippen molar-refractivity contribution in [3.8, 4) is 11.4 Å². The highest BCUT2D eigenvalue weighted by atomic mass is 32.2. The van der Waals surface area contributed by atoms with Crippen LogP contribution in [0.2, 0.25) is 0 Å². The molecule has 0 aromatic carbocycles. The largest absolute Gasteiger partial charge is 0.236 e. The van der Waals surface area contributed by atoms with Gasteiger partial charge in [0.25, 0.3) is 0 Å². The molecule has 0 amide bonds. The van der Waals surface area contributed by atoms with Crippen molar-refractivity contribution >= 4 is 10.0 Å². The Morgan fingerprint density at radius 1 is 1.38 bits per heavy atom. The van der Waals surface area contributed by atoms with Crippen molar-refractivity contribution in [1.29, 1.82) is 0 Å². The summed E-state index contributed by atoms with van der Waals surface area (Å²) in [5.41, 5.74) is 1.05. The van der Waals surface area contributed by atoms with Crippen LogP contribution in [0.25, 0.3) is 11.4 Å². The maximum absolute atomic E-state index is 11.1. The van der Waals surface area contributed by atoms with Crippen molar-refractivity contribution in [2.45, 2.75) is 0 Å². The number of fused-ring (bicyclic) bond motifs is 1. The topological polar surface area (TPSA) is 77.7 Å². The Hall–Kier alpha value is -1.50. The van der Waals surface area contributed by atoms with Crippen LogP contribution >= 0.6 is 0 Å². The molecule has 0 N–H and O–H groups in total. The number of aromatic nitrogens is 4. The molecule has 2 rings (SSSR count). The lowest BCUT2D eigenvalue weighted by Gasteiger charge is -2.03. The van der Waals surface area contributed by atoms with Crippen molar-refractivity contribution in [2.24, 2.45) is 0 Å². The summed E-state index contributed by atoms with van der Waals surface area (Å²) in [6.07, 6.45) is 5.17. The number of hydrogen-bond donors (Lipinski definition) is 0. The van der Waals surface area contributed by atoms with Gasteiger partial charge in [0.2, 0.25) is 10.0 Å². The van der Waals surface area contributed by atoms with Crippen LogP contribution in [-0.4, -0.2) is 33.8 Å². The second kappa shape index (κ2) is 2.49. The van der Waals surface area contributed by atoms with Gasteiger partial charge >= 0.3 is 0 Å². The SMILES string of the molecule is CS(=O)(=O)n1cnc2cnnc-2c1. The van der Waals surface area contributed by atoms with Crippen molar-refractivity contribution in [3.05, 3.63) is 18.7 Å². The van der Waals surface area contributed by atoms with Gasteiger partial charge in [0.15, 0.2) is 0 Å². The van der Waals surface area contributed by atoms with Crippen LogP contribution in [0.5, 0.6) is 0 Å². The fraction of sp³-hybridized carbons (Fsp3) is 0.167. The molecule has 0 radical (unpaired) electrons. The molecule has 0 aromatic heterocycles. The molecular weight excluding hydrogens is 192 g/mol. The molecule has 7 heteroatoms. The predicted molar refractivity (Wildman–Crippen MR) is 44.7 cm³/mol. The molecular formula is C6H6N4O2S. The van der Waals surface area contributed by atoms with Gasteiger partial charge in [-0.05, 0) is 0 Å². The van der Waals surface area contributed by atoms with Gasteiger partial charge in [-0.1, -0.05) is 0 Å². The zero-order valence-electron chi connectivity index (χ0n) is 6.75. The van der Waals surface area contributed by atoms with E-state index in [0.29, 0.717) is 11.4 Å². The van der Waals surface area contributed by atoms with E-state index in [2.05, 4.69) is 15.2 Å². The first-order valence-electron chi connectivity index (χ1n) is 3.43. The van der Waals surface area contributed by atoms with Crippen molar-refractivity contribution in [2.75, 3.05) is 6.26 Å². The molecule has 13 heavy (non-hydrogen) atoms. The zero-order valence-corrected chi connectivity index (χ0v) is 7.56. The summed E-state index contributed by atoms with van der Waals surface area (Å²) in [5, 5.41) is 7.30. The van der Waals surface area contributed by atoms with E-state index >= 15 is 0 Å². The van der Waals surface area contributed by atoms with E-state index in [-0.39, 0.29) is 0 Å². The minimum atomic E-state index is -3.29. The average molecular weight is 198 g/mol. The summed E-state index contributed by atoms with van der Waals surface area (Å²) in [4.78, 5) is 3.87. The first kappa shape index (κ1) is 8.11. The highest BCUT2D eigenvalue weighted by Crippen LogP contribution is 2.13. The van der Waals surface area contributed by atoms with Gasteiger partial charge in [-0.2, -0.15) is 5.10 Å². The van der Waals surface area contributed by atoms with Crippen LogP contribution < -0.4 is 0 Å². The summed E-state index contributed by atoms with van der Waals surface area (Å²) in [7, 11) is -3.29. The quantitative estimate of drug-likeness (QED) is 0.622. The number of hydrogen-bond acceptors (Lipinski definition) is 5. The van der Waals surface area contributed by atoms with E-state index in [9.17, 15) is 8.42 Å². The highest BCUT2D eigenvalue weighted by Gasteiger charge is 2.10. The first-order valence-corrected chi connectivity index (χ1v) is 5.28. The van der Waals surface area contributed by atoms with Crippen molar-refractivity contribution in [1.82, 2.24) is 19.2 Å². The maximum atomic E-state index is 11.1. The Kier molecular flexibility index (Phi) is 1.56. The lowest BCUT2D eigenvalue weighted by Crippen LogP contribution is -2.11. The molecule has 68 valence electrons. The standard InChI is InChI=1S/C6H6N4O2S/c1-13(11,12)10-3-6-5(7-4-10)2-8-9-6/h2-4H,1H3.